The van der Waals surface area contributed by atoms with Gasteiger partial charge in [-0.25, -0.2) is 0 Å². The second kappa shape index (κ2) is 5.68. The Balaban J connectivity index is 2.32. The maximum absolute atomic E-state index is 3.24. The van der Waals surface area contributed by atoms with Crippen molar-refractivity contribution in [1.82, 2.24) is 5.32 Å². The molecule has 1 atom stereocenters. The van der Waals surface area contributed by atoms with E-state index < -0.39 is 0 Å². The SMILES string of the molecule is CNCC(C)c1csc(-c2cccc(C)c2C)c1. The van der Waals surface area contributed by atoms with Crippen molar-refractivity contribution in [1.29, 1.82) is 0 Å². The van der Waals surface area contributed by atoms with E-state index in [1.807, 2.05) is 18.4 Å². The molecule has 2 heteroatoms. The molecule has 0 amide bonds. The Labute approximate surface area is 114 Å². The minimum atomic E-state index is 0.574. The van der Waals surface area contributed by atoms with Gasteiger partial charge in [-0.3, -0.25) is 0 Å². The minimum absolute atomic E-state index is 0.574. The molecule has 0 aliphatic heterocycles. The molecule has 0 fully saturated rings. The van der Waals surface area contributed by atoms with Crippen molar-refractivity contribution in [2.24, 2.45) is 0 Å². The molecule has 96 valence electrons. The van der Waals surface area contributed by atoms with Crippen LogP contribution in [-0.2, 0) is 0 Å². The van der Waals surface area contributed by atoms with Crippen LogP contribution in [0.3, 0.4) is 0 Å². The Morgan fingerprint density at radius 1 is 1.28 bits per heavy atom. The summed E-state index contributed by atoms with van der Waals surface area (Å²) in [4.78, 5) is 1.38. The second-order valence-corrected chi connectivity index (χ2v) is 5.86. The summed E-state index contributed by atoms with van der Waals surface area (Å²) < 4.78 is 0. The van der Waals surface area contributed by atoms with Crippen molar-refractivity contribution in [2.45, 2.75) is 26.7 Å². The third-order valence-electron chi connectivity index (χ3n) is 3.57. The lowest BCUT2D eigenvalue weighted by Crippen LogP contribution is -2.14. The van der Waals surface area contributed by atoms with E-state index in [4.69, 9.17) is 0 Å². The molecule has 1 aromatic carbocycles. The molecule has 0 bridgehead atoms. The van der Waals surface area contributed by atoms with Gasteiger partial charge in [0.1, 0.15) is 0 Å². The maximum Gasteiger partial charge on any atom is 0.0348 e. The highest BCUT2D eigenvalue weighted by atomic mass is 32.1. The van der Waals surface area contributed by atoms with Gasteiger partial charge in [-0.05, 0) is 60.5 Å². The highest BCUT2D eigenvalue weighted by molar-refractivity contribution is 7.13. The molecule has 0 aliphatic rings. The summed E-state index contributed by atoms with van der Waals surface area (Å²) in [5.41, 5.74) is 5.58. The quantitative estimate of drug-likeness (QED) is 0.860. The summed E-state index contributed by atoms with van der Waals surface area (Å²) in [5, 5.41) is 5.53. The summed E-state index contributed by atoms with van der Waals surface area (Å²) in [5.74, 6) is 0.574. The van der Waals surface area contributed by atoms with E-state index in [1.165, 1.54) is 27.1 Å². The van der Waals surface area contributed by atoms with E-state index in [0.717, 1.165) is 6.54 Å². The number of aryl methyl sites for hydroxylation is 1. The number of thiophene rings is 1. The van der Waals surface area contributed by atoms with Gasteiger partial charge in [0.2, 0.25) is 0 Å². The van der Waals surface area contributed by atoms with Crippen molar-refractivity contribution in [3.8, 4) is 10.4 Å². The lowest BCUT2D eigenvalue weighted by molar-refractivity contribution is 0.680. The highest BCUT2D eigenvalue weighted by Crippen LogP contribution is 2.33. The summed E-state index contributed by atoms with van der Waals surface area (Å²) >= 11 is 1.85. The van der Waals surface area contributed by atoms with E-state index in [0.29, 0.717) is 5.92 Å². The Kier molecular flexibility index (Phi) is 4.20. The van der Waals surface area contributed by atoms with Crippen LogP contribution in [0.1, 0.15) is 29.5 Å². The number of hydrogen-bond acceptors (Lipinski definition) is 2. The van der Waals surface area contributed by atoms with E-state index >= 15 is 0 Å². The molecule has 1 unspecified atom stereocenters. The van der Waals surface area contributed by atoms with Gasteiger partial charge in [-0.15, -0.1) is 11.3 Å². The molecule has 0 radical (unpaired) electrons. The molecule has 2 aromatic rings. The third-order valence-corrected chi connectivity index (χ3v) is 4.55. The lowest BCUT2D eigenvalue weighted by Gasteiger charge is -2.08. The van der Waals surface area contributed by atoms with Crippen LogP contribution >= 0.6 is 11.3 Å². The third kappa shape index (κ3) is 2.65. The van der Waals surface area contributed by atoms with Crippen LogP contribution in [0.5, 0.6) is 0 Å². The summed E-state index contributed by atoms with van der Waals surface area (Å²) in [6.07, 6.45) is 0. The van der Waals surface area contributed by atoms with Crippen molar-refractivity contribution in [3.05, 3.63) is 46.3 Å². The topological polar surface area (TPSA) is 12.0 Å². The van der Waals surface area contributed by atoms with Crippen LogP contribution < -0.4 is 5.32 Å². The fourth-order valence-corrected chi connectivity index (χ4v) is 3.31. The van der Waals surface area contributed by atoms with Gasteiger partial charge in [0, 0.05) is 11.4 Å². The average Bonchev–Trinajstić information content (AvgIpc) is 2.82. The Morgan fingerprint density at radius 3 is 2.78 bits per heavy atom. The van der Waals surface area contributed by atoms with Crippen molar-refractivity contribution >= 4 is 11.3 Å². The summed E-state index contributed by atoms with van der Waals surface area (Å²) in [6, 6.07) is 8.89. The molecule has 0 saturated carbocycles. The van der Waals surface area contributed by atoms with Crippen LogP contribution in [0, 0.1) is 13.8 Å². The fourth-order valence-electron chi connectivity index (χ4n) is 2.19. The van der Waals surface area contributed by atoms with E-state index in [-0.39, 0.29) is 0 Å². The molecule has 0 aliphatic carbocycles. The molecule has 1 N–H and O–H groups in total. The van der Waals surface area contributed by atoms with E-state index in [9.17, 15) is 0 Å². The number of rotatable bonds is 4. The first-order valence-corrected chi connectivity index (χ1v) is 7.31. The van der Waals surface area contributed by atoms with Gasteiger partial charge in [-0.1, -0.05) is 25.1 Å². The van der Waals surface area contributed by atoms with Gasteiger partial charge in [0.25, 0.3) is 0 Å². The molecule has 2 rings (SSSR count). The zero-order chi connectivity index (χ0) is 13.1. The normalized spacial score (nSPS) is 12.7. The number of benzene rings is 1. The fraction of sp³-hybridized carbons (Fsp3) is 0.375. The first-order valence-electron chi connectivity index (χ1n) is 6.43. The molecule has 0 spiro atoms. The molecule has 1 nitrogen and oxygen atoms in total. The molecule has 18 heavy (non-hydrogen) atoms. The number of nitrogens with one attached hydrogen (secondary N) is 1. The van der Waals surface area contributed by atoms with Gasteiger partial charge in [-0.2, -0.15) is 0 Å². The Bertz CT molecular complexity index is 528. The smallest absolute Gasteiger partial charge is 0.0348 e. The zero-order valence-electron chi connectivity index (χ0n) is 11.6. The summed E-state index contributed by atoms with van der Waals surface area (Å²) in [6.45, 7) is 7.69. The highest BCUT2D eigenvalue weighted by Gasteiger charge is 2.10. The minimum Gasteiger partial charge on any atom is -0.319 e. The van der Waals surface area contributed by atoms with E-state index in [2.05, 4.69) is 55.7 Å². The van der Waals surface area contributed by atoms with Crippen LogP contribution in [0.2, 0.25) is 0 Å². The molecular formula is C16H21NS. The van der Waals surface area contributed by atoms with Crippen molar-refractivity contribution in [2.75, 3.05) is 13.6 Å². The van der Waals surface area contributed by atoms with Crippen molar-refractivity contribution in [3.63, 3.8) is 0 Å². The molecule has 1 aromatic heterocycles. The Morgan fingerprint density at radius 2 is 2.06 bits per heavy atom. The van der Waals surface area contributed by atoms with Crippen LogP contribution in [0.25, 0.3) is 10.4 Å². The number of hydrogen-bond donors (Lipinski definition) is 1. The second-order valence-electron chi connectivity index (χ2n) is 4.95. The standard InChI is InChI=1S/C16H21NS/c1-11-6-5-7-15(13(11)3)16-8-14(10-18-16)12(2)9-17-4/h5-8,10,12,17H,9H2,1-4H3. The number of likely N-dealkylation sites (N-methyl/N-ethyl adjacent to an activating group) is 1. The van der Waals surface area contributed by atoms with Gasteiger partial charge in [0.05, 0.1) is 0 Å². The molecular weight excluding hydrogens is 238 g/mol. The van der Waals surface area contributed by atoms with Crippen LogP contribution in [-0.4, -0.2) is 13.6 Å². The summed E-state index contributed by atoms with van der Waals surface area (Å²) in [7, 11) is 2.01. The van der Waals surface area contributed by atoms with Gasteiger partial charge < -0.3 is 5.32 Å². The predicted molar refractivity (Wildman–Crippen MR) is 81.6 cm³/mol. The zero-order valence-corrected chi connectivity index (χ0v) is 12.4. The lowest BCUT2D eigenvalue weighted by atomic mass is 10.00. The van der Waals surface area contributed by atoms with Gasteiger partial charge in [0.15, 0.2) is 0 Å². The monoisotopic (exact) mass is 259 g/mol. The first kappa shape index (κ1) is 13.3. The first-order chi connectivity index (χ1) is 8.63. The molecule has 1 heterocycles. The van der Waals surface area contributed by atoms with Crippen molar-refractivity contribution < 1.29 is 0 Å². The van der Waals surface area contributed by atoms with Crippen LogP contribution in [0.15, 0.2) is 29.6 Å². The van der Waals surface area contributed by atoms with E-state index in [1.54, 1.807) is 0 Å². The average molecular weight is 259 g/mol. The Hall–Kier alpha value is -1.12. The molecule has 0 saturated heterocycles. The maximum atomic E-state index is 3.24. The predicted octanol–water partition coefficient (Wildman–Crippen LogP) is 4.35. The largest absolute Gasteiger partial charge is 0.319 e. The van der Waals surface area contributed by atoms with Crippen LogP contribution in [0.4, 0.5) is 0 Å². The van der Waals surface area contributed by atoms with Gasteiger partial charge >= 0.3 is 0 Å².